The zero-order valence-electron chi connectivity index (χ0n) is 6.19. The van der Waals surface area contributed by atoms with Crippen LogP contribution < -0.4 is 0 Å². The van der Waals surface area contributed by atoms with Gasteiger partial charge in [0.1, 0.15) is 0 Å². The van der Waals surface area contributed by atoms with Crippen molar-refractivity contribution in [3.63, 3.8) is 0 Å². The first kappa shape index (κ1) is 8.20. The first-order valence-electron chi connectivity index (χ1n) is 3.68. The van der Waals surface area contributed by atoms with Crippen molar-refractivity contribution in [3.05, 3.63) is 21.9 Å². The van der Waals surface area contributed by atoms with Gasteiger partial charge in [0.05, 0.1) is 4.92 Å². The smallest absolute Gasteiger partial charge is 0.242 e. The zero-order chi connectivity index (χ0) is 8.27. The van der Waals surface area contributed by atoms with Gasteiger partial charge in [-0.2, -0.15) is 0 Å². The summed E-state index contributed by atoms with van der Waals surface area (Å²) in [5.41, 5.74) is 0.260. The standard InChI is InChI=1S/C7H11NO3/c9-5-6-2-1-3-7(4-6)8(10)11/h3,6,9H,1-2,4-5H2/t6-/m0/s1. The fourth-order valence-electron chi connectivity index (χ4n) is 1.27. The van der Waals surface area contributed by atoms with E-state index in [1.807, 2.05) is 0 Å². The van der Waals surface area contributed by atoms with Gasteiger partial charge in [0.15, 0.2) is 0 Å². The van der Waals surface area contributed by atoms with Gasteiger partial charge in [0.25, 0.3) is 0 Å². The molecule has 0 aromatic rings. The summed E-state index contributed by atoms with van der Waals surface area (Å²) in [6.07, 6.45) is 3.66. The number of hydrogen-bond donors (Lipinski definition) is 1. The third-order valence-corrected chi connectivity index (χ3v) is 1.95. The second-order valence-corrected chi connectivity index (χ2v) is 2.78. The van der Waals surface area contributed by atoms with Crippen molar-refractivity contribution in [1.82, 2.24) is 0 Å². The molecule has 11 heavy (non-hydrogen) atoms. The number of nitrogens with zero attached hydrogens (tertiary/aromatic N) is 1. The van der Waals surface area contributed by atoms with E-state index in [0.717, 1.165) is 12.8 Å². The molecule has 0 spiro atoms. The Morgan fingerprint density at radius 1 is 1.82 bits per heavy atom. The van der Waals surface area contributed by atoms with Gasteiger partial charge in [-0.3, -0.25) is 10.1 Å². The zero-order valence-corrected chi connectivity index (χ0v) is 6.19. The maximum Gasteiger partial charge on any atom is 0.242 e. The summed E-state index contributed by atoms with van der Waals surface area (Å²) in [4.78, 5) is 9.91. The van der Waals surface area contributed by atoms with Gasteiger partial charge in [0, 0.05) is 13.0 Å². The van der Waals surface area contributed by atoms with Crippen molar-refractivity contribution in [3.8, 4) is 0 Å². The molecule has 0 heterocycles. The highest BCUT2D eigenvalue weighted by Gasteiger charge is 2.21. The predicted octanol–water partition coefficient (Wildman–Crippen LogP) is 0.939. The van der Waals surface area contributed by atoms with Crippen LogP contribution in [0, 0.1) is 16.0 Å². The fraction of sp³-hybridized carbons (Fsp3) is 0.714. The van der Waals surface area contributed by atoms with Gasteiger partial charge in [-0.05, 0) is 24.8 Å². The highest BCUT2D eigenvalue weighted by Crippen LogP contribution is 2.23. The summed E-state index contributed by atoms with van der Waals surface area (Å²) in [5.74, 6) is 0.0976. The lowest BCUT2D eigenvalue weighted by Gasteiger charge is -2.14. The molecule has 4 heteroatoms. The third-order valence-electron chi connectivity index (χ3n) is 1.95. The minimum Gasteiger partial charge on any atom is -0.396 e. The molecule has 0 aliphatic heterocycles. The quantitative estimate of drug-likeness (QED) is 0.479. The van der Waals surface area contributed by atoms with E-state index in [-0.39, 0.29) is 23.1 Å². The average molecular weight is 157 g/mol. The number of aliphatic hydroxyl groups is 1. The van der Waals surface area contributed by atoms with Gasteiger partial charge in [-0.15, -0.1) is 0 Å². The van der Waals surface area contributed by atoms with Gasteiger partial charge < -0.3 is 5.11 Å². The minimum atomic E-state index is -0.359. The minimum absolute atomic E-state index is 0.0607. The molecular formula is C7H11NO3. The van der Waals surface area contributed by atoms with Crippen LogP contribution in [0.3, 0.4) is 0 Å². The Kier molecular flexibility index (Phi) is 2.59. The van der Waals surface area contributed by atoms with Gasteiger partial charge in [-0.25, -0.2) is 0 Å². The van der Waals surface area contributed by atoms with E-state index in [4.69, 9.17) is 5.11 Å². The molecule has 0 aromatic carbocycles. The Labute approximate surface area is 64.7 Å². The van der Waals surface area contributed by atoms with Gasteiger partial charge in [0.2, 0.25) is 5.70 Å². The number of allylic oxidation sites excluding steroid dienone is 2. The molecule has 62 valence electrons. The second-order valence-electron chi connectivity index (χ2n) is 2.78. The summed E-state index contributed by atoms with van der Waals surface area (Å²) in [6, 6.07) is 0. The summed E-state index contributed by atoms with van der Waals surface area (Å²) >= 11 is 0. The Morgan fingerprint density at radius 3 is 3.09 bits per heavy atom. The van der Waals surface area contributed by atoms with Crippen LogP contribution in [0.5, 0.6) is 0 Å². The molecule has 0 saturated carbocycles. The van der Waals surface area contributed by atoms with Crippen LogP contribution in [-0.2, 0) is 0 Å². The molecule has 1 aliphatic carbocycles. The van der Waals surface area contributed by atoms with Crippen molar-refractivity contribution < 1.29 is 10.0 Å². The summed E-state index contributed by atoms with van der Waals surface area (Å²) in [5, 5.41) is 19.0. The highest BCUT2D eigenvalue weighted by molar-refractivity contribution is 4.97. The van der Waals surface area contributed by atoms with E-state index in [9.17, 15) is 10.1 Å². The molecule has 1 aliphatic rings. The Balaban J connectivity index is 2.55. The monoisotopic (exact) mass is 157 g/mol. The molecule has 0 unspecified atom stereocenters. The van der Waals surface area contributed by atoms with Crippen LogP contribution in [-0.4, -0.2) is 16.6 Å². The lowest BCUT2D eigenvalue weighted by molar-refractivity contribution is -0.430. The molecule has 0 amide bonds. The summed E-state index contributed by atoms with van der Waals surface area (Å²) in [7, 11) is 0. The molecule has 4 nitrogen and oxygen atoms in total. The van der Waals surface area contributed by atoms with E-state index >= 15 is 0 Å². The average Bonchev–Trinajstić information content (AvgIpc) is 2.05. The Morgan fingerprint density at radius 2 is 2.55 bits per heavy atom. The van der Waals surface area contributed by atoms with Crippen molar-refractivity contribution in [2.75, 3.05) is 6.61 Å². The topological polar surface area (TPSA) is 63.4 Å². The molecule has 1 rings (SSSR count). The lowest BCUT2D eigenvalue weighted by atomic mass is 9.93. The van der Waals surface area contributed by atoms with E-state index in [1.165, 1.54) is 0 Å². The first-order chi connectivity index (χ1) is 5.24. The Bertz CT molecular complexity index is 188. The summed E-state index contributed by atoms with van der Waals surface area (Å²) in [6.45, 7) is 0.0607. The highest BCUT2D eigenvalue weighted by atomic mass is 16.6. The number of hydrogen-bond acceptors (Lipinski definition) is 3. The number of nitro groups is 1. The molecule has 0 saturated heterocycles. The molecule has 0 bridgehead atoms. The van der Waals surface area contributed by atoms with Crippen molar-refractivity contribution in [1.29, 1.82) is 0 Å². The number of rotatable bonds is 2. The maximum absolute atomic E-state index is 10.3. The molecule has 0 aromatic heterocycles. The van der Waals surface area contributed by atoms with Crippen LogP contribution >= 0.6 is 0 Å². The molecule has 1 N–H and O–H groups in total. The van der Waals surface area contributed by atoms with E-state index in [0.29, 0.717) is 6.42 Å². The van der Waals surface area contributed by atoms with E-state index in [2.05, 4.69) is 0 Å². The maximum atomic E-state index is 10.3. The summed E-state index contributed by atoms with van der Waals surface area (Å²) < 4.78 is 0. The fourth-order valence-corrected chi connectivity index (χ4v) is 1.27. The molecule has 1 atom stereocenters. The van der Waals surface area contributed by atoms with Crippen LogP contribution in [0.15, 0.2) is 11.8 Å². The van der Waals surface area contributed by atoms with E-state index < -0.39 is 0 Å². The van der Waals surface area contributed by atoms with Crippen molar-refractivity contribution in [2.45, 2.75) is 19.3 Å². The van der Waals surface area contributed by atoms with Crippen molar-refractivity contribution >= 4 is 0 Å². The number of aliphatic hydroxyl groups excluding tert-OH is 1. The van der Waals surface area contributed by atoms with Crippen LogP contribution in [0.1, 0.15) is 19.3 Å². The van der Waals surface area contributed by atoms with Gasteiger partial charge >= 0.3 is 0 Å². The lowest BCUT2D eigenvalue weighted by Crippen LogP contribution is -2.14. The SMILES string of the molecule is O=[N+]([O-])C1=CCC[C@H](CO)C1. The molecule has 0 radical (unpaired) electrons. The Hall–Kier alpha value is -0.900. The normalized spacial score (nSPS) is 24.5. The van der Waals surface area contributed by atoms with Crippen LogP contribution in [0.4, 0.5) is 0 Å². The van der Waals surface area contributed by atoms with Crippen LogP contribution in [0.2, 0.25) is 0 Å². The van der Waals surface area contributed by atoms with E-state index in [1.54, 1.807) is 6.08 Å². The third kappa shape index (κ3) is 2.01. The van der Waals surface area contributed by atoms with Crippen LogP contribution in [0.25, 0.3) is 0 Å². The molecular weight excluding hydrogens is 146 g/mol. The van der Waals surface area contributed by atoms with Gasteiger partial charge in [-0.1, -0.05) is 0 Å². The molecule has 0 fully saturated rings. The second kappa shape index (κ2) is 3.48. The predicted molar refractivity (Wildman–Crippen MR) is 39.5 cm³/mol. The largest absolute Gasteiger partial charge is 0.396 e. The van der Waals surface area contributed by atoms with Crippen molar-refractivity contribution in [2.24, 2.45) is 5.92 Å². The first-order valence-corrected chi connectivity index (χ1v) is 3.68.